The van der Waals surface area contributed by atoms with Crippen molar-refractivity contribution in [2.75, 3.05) is 27.2 Å². The maximum absolute atomic E-state index is 11.9. The van der Waals surface area contributed by atoms with Gasteiger partial charge in [-0.2, -0.15) is 17.4 Å². The monoisotopic (exact) mass is 374 g/mol. The van der Waals surface area contributed by atoms with Crippen LogP contribution in [0.2, 0.25) is 0 Å². The Labute approximate surface area is 147 Å². The fourth-order valence-corrected chi connectivity index (χ4v) is 5.31. The van der Waals surface area contributed by atoms with Crippen LogP contribution in [-0.4, -0.2) is 67.0 Å². The Morgan fingerprint density at radius 1 is 1.38 bits per heavy atom. The predicted octanol–water partition coefficient (Wildman–Crippen LogP) is 0.353. The van der Waals surface area contributed by atoms with E-state index in [0.717, 1.165) is 35.2 Å². The molecular formula is C15H26N4O3S2. The zero-order chi connectivity index (χ0) is 17.3. The van der Waals surface area contributed by atoms with Crippen LogP contribution in [0.15, 0.2) is 0 Å². The first-order valence-electron chi connectivity index (χ1n) is 8.43. The fraction of sp³-hybridized carbons (Fsp3) is 0.800. The second kappa shape index (κ2) is 7.35. The summed E-state index contributed by atoms with van der Waals surface area (Å²) < 4.78 is 27.5. The van der Waals surface area contributed by atoms with Crippen molar-refractivity contribution < 1.29 is 13.5 Å². The van der Waals surface area contributed by atoms with Gasteiger partial charge in [0.25, 0.3) is 10.2 Å². The summed E-state index contributed by atoms with van der Waals surface area (Å²) in [6, 6.07) is -0.432. The molecule has 1 aromatic heterocycles. The summed E-state index contributed by atoms with van der Waals surface area (Å²) >= 11 is 1.79. The van der Waals surface area contributed by atoms with Gasteiger partial charge in [0.15, 0.2) is 0 Å². The summed E-state index contributed by atoms with van der Waals surface area (Å²) in [6.07, 6.45) is 4.60. The Morgan fingerprint density at radius 3 is 2.79 bits per heavy atom. The summed E-state index contributed by atoms with van der Waals surface area (Å²) in [4.78, 5) is 8.33. The number of nitrogens with zero attached hydrogens (tertiary/aromatic N) is 3. The Morgan fingerprint density at radius 2 is 2.12 bits per heavy atom. The van der Waals surface area contributed by atoms with Crippen molar-refractivity contribution in [2.45, 2.75) is 50.8 Å². The molecule has 9 heteroatoms. The minimum absolute atomic E-state index is 0.432. The van der Waals surface area contributed by atoms with Crippen LogP contribution in [0.3, 0.4) is 0 Å². The molecule has 0 saturated carbocycles. The number of thiazole rings is 1. The SMILES string of the molecule is CN(C)S(=O)(=O)NC1CCN(Cc2nc3c(s2)CCCC3)CC1O. The van der Waals surface area contributed by atoms with E-state index in [0.29, 0.717) is 13.0 Å². The molecule has 0 amide bonds. The molecule has 3 rings (SSSR count). The molecule has 2 aliphatic rings. The number of rotatable bonds is 5. The molecule has 1 saturated heterocycles. The zero-order valence-electron chi connectivity index (χ0n) is 14.2. The van der Waals surface area contributed by atoms with Crippen LogP contribution in [0, 0.1) is 0 Å². The first kappa shape index (κ1) is 18.2. The smallest absolute Gasteiger partial charge is 0.279 e. The van der Waals surface area contributed by atoms with Crippen LogP contribution in [0.4, 0.5) is 0 Å². The molecule has 0 radical (unpaired) electrons. The molecule has 7 nitrogen and oxygen atoms in total. The van der Waals surface area contributed by atoms with E-state index in [1.807, 2.05) is 0 Å². The fourth-order valence-electron chi connectivity index (χ4n) is 3.24. The van der Waals surface area contributed by atoms with Crippen molar-refractivity contribution in [3.8, 4) is 0 Å². The molecule has 24 heavy (non-hydrogen) atoms. The van der Waals surface area contributed by atoms with Crippen LogP contribution in [-0.2, 0) is 29.6 Å². The third-order valence-corrected chi connectivity index (χ3v) is 7.40. The van der Waals surface area contributed by atoms with Gasteiger partial charge in [-0.25, -0.2) is 4.98 Å². The van der Waals surface area contributed by atoms with Crippen LogP contribution in [0.25, 0.3) is 0 Å². The molecule has 2 atom stereocenters. The highest BCUT2D eigenvalue weighted by Gasteiger charge is 2.32. The van der Waals surface area contributed by atoms with E-state index < -0.39 is 22.4 Å². The minimum Gasteiger partial charge on any atom is -0.390 e. The van der Waals surface area contributed by atoms with Crippen LogP contribution in [0.1, 0.15) is 34.8 Å². The molecule has 1 aliphatic heterocycles. The molecule has 1 fully saturated rings. The van der Waals surface area contributed by atoms with Crippen molar-refractivity contribution in [1.29, 1.82) is 0 Å². The third kappa shape index (κ3) is 4.14. The average Bonchev–Trinajstić information content (AvgIpc) is 2.92. The molecule has 136 valence electrons. The predicted molar refractivity (Wildman–Crippen MR) is 94.2 cm³/mol. The second-order valence-corrected chi connectivity index (χ2v) is 9.87. The Bertz CT molecular complexity index is 651. The van der Waals surface area contributed by atoms with Gasteiger partial charge in [0, 0.05) is 32.1 Å². The van der Waals surface area contributed by atoms with Crippen molar-refractivity contribution >= 4 is 21.5 Å². The van der Waals surface area contributed by atoms with Gasteiger partial charge < -0.3 is 5.11 Å². The highest BCUT2D eigenvalue weighted by Crippen LogP contribution is 2.28. The average molecular weight is 375 g/mol. The highest BCUT2D eigenvalue weighted by molar-refractivity contribution is 7.87. The number of aryl methyl sites for hydroxylation is 2. The lowest BCUT2D eigenvalue weighted by molar-refractivity contribution is 0.0441. The van der Waals surface area contributed by atoms with E-state index in [4.69, 9.17) is 4.98 Å². The zero-order valence-corrected chi connectivity index (χ0v) is 15.9. The lowest BCUT2D eigenvalue weighted by atomic mass is 10.0. The van der Waals surface area contributed by atoms with Gasteiger partial charge >= 0.3 is 0 Å². The van der Waals surface area contributed by atoms with Crippen molar-refractivity contribution in [3.05, 3.63) is 15.6 Å². The number of likely N-dealkylation sites (tertiary alicyclic amines) is 1. The number of piperidine rings is 1. The molecule has 1 aliphatic carbocycles. The van der Waals surface area contributed by atoms with E-state index in [1.54, 1.807) is 11.3 Å². The largest absolute Gasteiger partial charge is 0.390 e. The van der Waals surface area contributed by atoms with Crippen LogP contribution in [0.5, 0.6) is 0 Å². The Kier molecular flexibility index (Phi) is 5.58. The van der Waals surface area contributed by atoms with Gasteiger partial charge in [0.1, 0.15) is 5.01 Å². The maximum atomic E-state index is 11.9. The van der Waals surface area contributed by atoms with Gasteiger partial charge in [-0.15, -0.1) is 11.3 Å². The molecule has 2 heterocycles. The number of nitrogens with one attached hydrogen (secondary N) is 1. The third-order valence-electron chi connectivity index (χ3n) is 4.70. The Balaban J connectivity index is 1.56. The van der Waals surface area contributed by atoms with E-state index >= 15 is 0 Å². The summed E-state index contributed by atoms with van der Waals surface area (Å²) in [5, 5.41) is 11.4. The summed E-state index contributed by atoms with van der Waals surface area (Å²) in [5.41, 5.74) is 1.26. The molecule has 2 N–H and O–H groups in total. The van der Waals surface area contributed by atoms with Crippen LogP contribution >= 0.6 is 11.3 Å². The van der Waals surface area contributed by atoms with Crippen LogP contribution < -0.4 is 4.72 Å². The maximum Gasteiger partial charge on any atom is 0.279 e. The molecule has 0 aromatic carbocycles. The first-order valence-corrected chi connectivity index (χ1v) is 10.7. The first-order chi connectivity index (χ1) is 11.3. The standard InChI is InChI=1S/C15H26N4O3S2/c1-18(2)24(21,22)17-11-7-8-19(9-13(11)20)10-15-16-12-5-3-4-6-14(12)23-15/h11,13,17,20H,3-10H2,1-2H3. The summed E-state index contributed by atoms with van der Waals surface area (Å²) in [5.74, 6) is 0. The van der Waals surface area contributed by atoms with Crippen molar-refractivity contribution in [1.82, 2.24) is 18.9 Å². The topological polar surface area (TPSA) is 85.8 Å². The second-order valence-electron chi connectivity index (χ2n) is 6.79. The number of fused-ring (bicyclic) bond motifs is 1. The van der Waals surface area contributed by atoms with Gasteiger partial charge in [0.2, 0.25) is 0 Å². The number of β-amino-alcohol motifs (C(OH)–C–C–N with tert-alkyl or cyclic N) is 1. The molecule has 2 unspecified atom stereocenters. The normalized spacial score (nSPS) is 25.8. The van der Waals surface area contributed by atoms with E-state index in [1.165, 1.54) is 37.5 Å². The van der Waals surface area contributed by atoms with Gasteiger partial charge in [-0.1, -0.05) is 0 Å². The summed E-state index contributed by atoms with van der Waals surface area (Å²) in [7, 11) is -0.554. The Hall–Kier alpha value is -0.580. The minimum atomic E-state index is -3.51. The number of aromatic nitrogens is 1. The summed E-state index contributed by atoms with van der Waals surface area (Å²) in [6.45, 7) is 1.95. The molecule has 1 aromatic rings. The van der Waals surface area contributed by atoms with Crippen molar-refractivity contribution in [2.24, 2.45) is 0 Å². The number of aliphatic hydroxyl groups excluding tert-OH is 1. The van der Waals surface area contributed by atoms with E-state index in [2.05, 4.69) is 9.62 Å². The highest BCUT2D eigenvalue weighted by atomic mass is 32.2. The number of hydrogen-bond donors (Lipinski definition) is 2. The molecule has 0 bridgehead atoms. The van der Waals surface area contributed by atoms with E-state index in [-0.39, 0.29) is 0 Å². The van der Waals surface area contributed by atoms with Gasteiger partial charge in [-0.3, -0.25) is 4.90 Å². The lowest BCUT2D eigenvalue weighted by Crippen LogP contribution is -2.55. The van der Waals surface area contributed by atoms with E-state index in [9.17, 15) is 13.5 Å². The van der Waals surface area contributed by atoms with Gasteiger partial charge in [0.05, 0.1) is 24.4 Å². The molecule has 0 spiro atoms. The van der Waals surface area contributed by atoms with Gasteiger partial charge in [-0.05, 0) is 32.1 Å². The quantitative estimate of drug-likeness (QED) is 0.777. The molecular weight excluding hydrogens is 348 g/mol. The number of aliphatic hydroxyl groups is 1. The lowest BCUT2D eigenvalue weighted by Gasteiger charge is -2.36. The number of hydrogen-bond acceptors (Lipinski definition) is 6. The van der Waals surface area contributed by atoms with Crippen molar-refractivity contribution in [3.63, 3.8) is 0 Å².